The topological polar surface area (TPSA) is 151 Å². The van der Waals surface area contributed by atoms with Crippen LogP contribution in [0.15, 0.2) is 41.1 Å². The van der Waals surface area contributed by atoms with Gasteiger partial charge in [-0.1, -0.05) is 44.2 Å². The largest absolute Gasteiger partial charge is 0.351 e. The first-order valence-electron chi connectivity index (χ1n) is 16.6. The third-order valence-corrected chi connectivity index (χ3v) is 10.4. The van der Waals surface area contributed by atoms with Gasteiger partial charge < -0.3 is 20.9 Å². The zero-order chi connectivity index (χ0) is 35.1. The standard InChI is InChI=1S/C35H44N8O4S2/c1-21(2)17-25-33-40-28(20-49-33)32(46)38-26(18-24-11-7-6-8-12-24)34-39-27(19-48-34)31(45)36-14-10-16-43(15-9-13-29(44)37-25)35(47)30-22(3)23(4)41-42(30)5/h6-8,11-12,19-21,25-26H,9-10,13-18H2,1-5H3,(H,36,45)(H,37,44)(H,38,46)/t25-,26-/m0/s1. The van der Waals surface area contributed by atoms with Gasteiger partial charge in [-0.05, 0) is 51.0 Å². The molecule has 2 atom stereocenters. The Morgan fingerprint density at radius 1 is 0.918 bits per heavy atom. The number of hydrogen-bond acceptors (Lipinski definition) is 9. The second kappa shape index (κ2) is 16.3. The number of rotatable bonds is 5. The van der Waals surface area contributed by atoms with Crippen LogP contribution >= 0.6 is 22.7 Å². The Morgan fingerprint density at radius 3 is 2.22 bits per heavy atom. The van der Waals surface area contributed by atoms with Crippen LogP contribution in [-0.2, 0) is 18.3 Å². The summed E-state index contributed by atoms with van der Waals surface area (Å²) in [6.45, 7) is 8.98. The molecule has 260 valence electrons. The minimum atomic E-state index is -0.495. The first-order chi connectivity index (χ1) is 23.5. The van der Waals surface area contributed by atoms with E-state index in [9.17, 15) is 19.2 Å². The second-order valence-corrected chi connectivity index (χ2v) is 14.6. The maximum absolute atomic E-state index is 13.8. The van der Waals surface area contributed by atoms with Gasteiger partial charge in [-0.2, -0.15) is 5.10 Å². The average molecular weight is 705 g/mol. The molecule has 0 spiro atoms. The fourth-order valence-corrected chi connectivity index (χ4v) is 7.58. The summed E-state index contributed by atoms with van der Waals surface area (Å²) in [5, 5.41) is 18.2. The molecule has 4 heterocycles. The van der Waals surface area contributed by atoms with Crippen molar-refractivity contribution in [3.05, 3.63) is 85.0 Å². The predicted molar refractivity (Wildman–Crippen MR) is 190 cm³/mol. The molecule has 12 nitrogen and oxygen atoms in total. The van der Waals surface area contributed by atoms with E-state index in [0.717, 1.165) is 16.8 Å². The Bertz CT molecular complexity index is 1780. The number of nitrogens with one attached hydrogen (secondary N) is 3. The van der Waals surface area contributed by atoms with Crippen LogP contribution in [0.25, 0.3) is 0 Å². The Labute approximate surface area is 294 Å². The van der Waals surface area contributed by atoms with E-state index in [-0.39, 0.29) is 53.4 Å². The lowest BCUT2D eigenvalue weighted by Gasteiger charge is -2.24. The minimum absolute atomic E-state index is 0.146. The Hall–Kier alpha value is -4.43. The van der Waals surface area contributed by atoms with Gasteiger partial charge >= 0.3 is 0 Å². The van der Waals surface area contributed by atoms with Crippen molar-refractivity contribution in [2.45, 2.75) is 71.9 Å². The zero-order valence-corrected chi connectivity index (χ0v) is 30.2. The summed E-state index contributed by atoms with van der Waals surface area (Å²) in [4.78, 5) is 64.8. The van der Waals surface area contributed by atoms with Crippen LogP contribution in [-0.4, -0.2) is 67.9 Å². The van der Waals surface area contributed by atoms with Gasteiger partial charge in [0.25, 0.3) is 17.7 Å². The molecule has 0 saturated carbocycles. The van der Waals surface area contributed by atoms with Crippen molar-refractivity contribution in [2.24, 2.45) is 13.0 Å². The second-order valence-electron chi connectivity index (χ2n) is 12.8. The van der Waals surface area contributed by atoms with Gasteiger partial charge in [-0.25, -0.2) is 9.97 Å². The van der Waals surface area contributed by atoms with E-state index in [4.69, 9.17) is 0 Å². The smallest absolute Gasteiger partial charge is 0.272 e. The summed E-state index contributed by atoms with van der Waals surface area (Å²) in [6.07, 6.45) is 2.30. The molecular weight excluding hydrogens is 661 g/mol. The highest BCUT2D eigenvalue weighted by atomic mass is 32.1. The molecule has 0 unspecified atom stereocenters. The van der Waals surface area contributed by atoms with E-state index in [2.05, 4.69) is 44.9 Å². The quantitative estimate of drug-likeness (QED) is 0.267. The molecule has 3 aromatic heterocycles. The first kappa shape index (κ1) is 35.9. The number of nitrogens with zero attached hydrogens (tertiary/aromatic N) is 5. The van der Waals surface area contributed by atoms with Crippen molar-refractivity contribution in [3.8, 4) is 0 Å². The van der Waals surface area contributed by atoms with Crippen LogP contribution in [0, 0.1) is 19.8 Å². The normalized spacial score (nSPS) is 18.4. The molecule has 4 aromatic rings. The summed E-state index contributed by atoms with van der Waals surface area (Å²) >= 11 is 2.65. The molecule has 5 rings (SSSR count). The fourth-order valence-electron chi connectivity index (χ4n) is 5.87. The highest BCUT2D eigenvalue weighted by Crippen LogP contribution is 2.27. The predicted octanol–water partition coefficient (Wildman–Crippen LogP) is 4.92. The number of benzene rings is 1. The highest BCUT2D eigenvalue weighted by molar-refractivity contribution is 7.10. The maximum Gasteiger partial charge on any atom is 0.272 e. The van der Waals surface area contributed by atoms with Gasteiger partial charge in [0.15, 0.2) is 0 Å². The van der Waals surface area contributed by atoms with E-state index in [0.29, 0.717) is 61.0 Å². The van der Waals surface area contributed by atoms with Crippen molar-refractivity contribution in [1.82, 2.24) is 40.6 Å². The van der Waals surface area contributed by atoms with Gasteiger partial charge in [0.1, 0.15) is 27.1 Å². The van der Waals surface area contributed by atoms with Crippen LogP contribution in [0.3, 0.4) is 0 Å². The van der Waals surface area contributed by atoms with Crippen molar-refractivity contribution >= 4 is 46.3 Å². The number of aromatic nitrogens is 4. The molecule has 4 amide bonds. The third-order valence-electron chi connectivity index (χ3n) is 8.47. The van der Waals surface area contributed by atoms with E-state index in [1.54, 1.807) is 27.4 Å². The van der Waals surface area contributed by atoms with E-state index in [1.807, 2.05) is 44.2 Å². The molecule has 1 aliphatic rings. The summed E-state index contributed by atoms with van der Waals surface area (Å²) in [7, 11) is 1.75. The average Bonchev–Trinajstić information content (AvgIpc) is 3.81. The van der Waals surface area contributed by atoms with Gasteiger partial charge in [-0.15, -0.1) is 22.7 Å². The van der Waals surface area contributed by atoms with Crippen LogP contribution in [0.1, 0.15) is 110 Å². The van der Waals surface area contributed by atoms with Crippen molar-refractivity contribution in [1.29, 1.82) is 0 Å². The molecule has 14 heteroatoms. The van der Waals surface area contributed by atoms with Crippen molar-refractivity contribution < 1.29 is 19.2 Å². The van der Waals surface area contributed by atoms with Crippen LogP contribution in [0.2, 0.25) is 0 Å². The minimum Gasteiger partial charge on any atom is -0.351 e. The lowest BCUT2D eigenvalue weighted by atomic mass is 10.0. The molecule has 1 aromatic carbocycles. The molecule has 0 radical (unpaired) electrons. The number of fused-ring (bicyclic) bond motifs is 4. The number of thiazole rings is 2. The Balaban J connectivity index is 1.42. The summed E-state index contributed by atoms with van der Waals surface area (Å²) in [5.74, 6) is -0.720. The van der Waals surface area contributed by atoms with Gasteiger partial charge in [0.2, 0.25) is 5.91 Å². The molecular formula is C35H44N8O4S2. The van der Waals surface area contributed by atoms with Crippen molar-refractivity contribution in [3.63, 3.8) is 0 Å². The molecule has 0 saturated heterocycles. The van der Waals surface area contributed by atoms with Gasteiger partial charge in [0, 0.05) is 49.4 Å². The first-order valence-corrected chi connectivity index (χ1v) is 18.4. The number of carbonyl (C=O) groups excluding carboxylic acids is 4. The summed E-state index contributed by atoms with van der Waals surface area (Å²) < 4.78 is 1.60. The lowest BCUT2D eigenvalue weighted by Crippen LogP contribution is -2.37. The van der Waals surface area contributed by atoms with E-state index < -0.39 is 6.04 Å². The summed E-state index contributed by atoms with van der Waals surface area (Å²) in [5.41, 5.74) is 3.65. The molecule has 4 bridgehead atoms. The van der Waals surface area contributed by atoms with Gasteiger partial charge in [0.05, 0.1) is 17.8 Å². The highest BCUT2D eigenvalue weighted by Gasteiger charge is 2.27. The summed E-state index contributed by atoms with van der Waals surface area (Å²) in [6, 6.07) is 8.93. The molecule has 0 fully saturated rings. The van der Waals surface area contributed by atoms with Crippen molar-refractivity contribution in [2.75, 3.05) is 19.6 Å². The Kier molecular flexibility index (Phi) is 11.9. The van der Waals surface area contributed by atoms with Crippen LogP contribution in [0.4, 0.5) is 0 Å². The Morgan fingerprint density at radius 2 is 1.57 bits per heavy atom. The zero-order valence-electron chi connectivity index (χ0n) is 28.6. The third kappa shape index (κ3) is 9.18. The van der Waals surface area contributed by atoms with Crippen LogP contribution < -0.4 is 16.0 Å². The van der Waals surface area contributed by atoms with Gasteiger partial charge in [-0.3, -0.25) is 23.9 Å². The maximum atomic E-state index is 13.8. The lowest BCUT2D eigenvalue weighted by molar-refractivity contribution is -0.122. The number of amides is 4. The molecule has 3 N–H and O–H groups in total. The molecule has 0 aliphatic carbocycles. The molecule has 1 aliphatic heterocycles. The monoisotopic (exact) mass is 704 g/mol. The molecule has 49 heavy (non-hydrogen) atoms. The van der Waals surface area contributed by atoms with E-state index >= 15 is 0 Å². The SMILES string of the molecule is Cc1nn(C)c(C(=O)N2CCCNC(=O)c3csc(n3)[C@H](Cc3ccccc3)NC(=O)c3csc(n3)[C@H](CC(C)C)NC(=O)CCC2)c1C. The number of hydrogen-bond donors (Lipinski definition) is 3. The number of aryl methyl sites for hydroxylation is 2. The van der Waals surface area contributed by atoms with E-state index in [1.165, 1.54) is 22.7 Å². The van der Waals surface area contributed by atoms with Crippen LogP contribution in [0.5, 0.6) is 0 Å². The number of carbonyl (C=O) groups is 4. The fraction of sp³-hybridized carbons (Fsp3) is 0.457.